The molecule has 21 heavy (non-hydrogen) atoms. The average Bonchev–Trinajstić information content (AvgIpc) is 3.02. The first-order valence-electron chi connectivity index (χ1n) is 7.89. The van der Waals surface area contributed by atoms with E-state index in [1.807, 2.05) is 12.3 Å². The molecule has 3 heterocycles. The first kappa shape index (κ1) is 15.1. The molecule has 1 amide bonds. The molecule has 4 nitrogen and oxygen atoms in total. The van der Waals surface area contributed by atoms with Gasteiger partial charge in [0.2, 0.25) is 0 Å². The van der Waals surface area contributed by atoms with Gasteiger partial charge in [-0.15, -0.1) is 0 Å². The van der Waals surface area contributed by atoms with Gasteiger partial charge in [0.05, 0.1) is 0 Å². The molecule has 2 atom stereocenters. The van der Waals surface area contributed by atoms with Crippen LogP contribution in [-0.2, 0) is 0 Å². The Morgan fingerprint density at radius 2 is 2.14 bits per heavy atom. The number of rotatable bonds is 2. The van der Waals surface area contributed by atoms with E-state index in [1.54, 1.807) is 0 Å². The van der Waals surface area contributed by atoms with Crippen LogP contribution < -0.4 is 0 Å². The van der Waals surface area contributed by atoms with Crippen LogP contribution in [0, 0.1) is 0 Å². The van der Waals surface area contributed by atoms with Crippen molar-refractivity contribution in [2.75, 3.05) is 19.6 Å². The summed E-state index contributed by atoms with van der Waals surface area (Å²) in [5, 5.41) is 0. The van der Waals surface area contributed by atoms with Crippen LogP contribution >= 0.6 is 15.9 Å². The van der Waals surface area contributed by atoms with Crippen molar-refractivity contribution in [2.24, 2.45) is 0 Å². The Hall–Kier alpha value is -0.810. The second-order valence-corrected chi connectivity index (χ2v) is 7.56. The number of carbonyl (C=O) groups is 1. The minimum Gasteiger partial charge on any atom is -0.340 e. The smallest absolute Gasteiger partial charge is 0.270 e. The number of halogens is 1. The highest BCUT2D eigenvalue weighted by Gasteiger charge is 2.37. The third kappa shape index (κ3) is 2.78. The summed E-state index contributed by atoms with van der Waals surface area (Å²) in [6.07, 6.45) is 4.51. The Morgan fingerprint density at radius 1 is 1.38 bits per heavy atom. The second kappa shape index (κ2) is 5.76. The Bertz CT molecular complexity index is 540. The summed E-state index contributed by atoms with van der Waals surface area (Å²) in [7, 11) is 0. The topological polar surface area (TPSA) is 28.5 Å². The molecule has 116 valence electrons. The van der Waals surface area contributed by atoms with E-state index in [4.69, 9.17) is 0 Å². The van der Waals surface area contributed by atoms with E-state index in [0.717, 1.165) is 23.3 Å². The third-order valence-corrected chi connectivity index (χ3v) is 5.22. The number of aromatic nitrogens is 1. The minimum atomic E-state index is 0.174. The van der Waals surface area contributed by atoms with Crippen LogP contribution in [0.4, 0.5) is 0 Å². The lowest BCUT2D eigenvalue weighted by molar-refractivity contribution is 0.0385. The van der Waals surface area contributed by atoms with Gasteiger partial charge in [-0.05, 0) is 62.2 Å². The van der Waals surface area contributed by atoms with Crippen molar-refractivity contribution in [1.29, 1.82) is 0 Å². The number of nitrogens with zero attached hydrogens (tertiary/aromatic N) is 3. The normalized spacial score (nSPS) is 26.4. The van der Waals surface area contributed by atoms with Crippen molar-refractivity contribution in [3.63, 3.8) is 0 Å². The Kier molecular flexibility index (Phi) is 4.14. The minimum absolute atomic E-state index is 0.174. The molecule has 3 rings (SSSR count). The molecule has 0 aliphatic carbocycles. The molecule has 2 aliphatic heterocycles. The van der Waals surface area contributed by atoms with Crippen molar-refractivity contribution < 1.29 is 4.79 Å². The van der Waals surface area contributed by atoms with Gasteiger partial charge in [0.25, 0.3) is 5.91 Å². The molecule has 0 spiro atoms. The number of hydrogen-bond acceptors (Lipinski definition) is 2. The highest BCUT2D eigenvalue weighted by molar-refractivity contribution is 9.10. The molecule has 2 fully saturated rings. The maximum absolute atomic E-state index is 13.0. The van der Waals surface area contributed by atoms with Gasteiger partial charge in [-0.1, -0.05) is 0 Å². The number of hydrogen-bond donors (Lipinski definition) is 0. The van der Waals surface area contributed by atoms with Crippen LogP contribution in [0.2, 0.25) is 0 Å². The van der Waals surface area contributed by atoms with Crippen molar-refractivity contribution >= 4 is 21.8 Å². The number of carbonyl (C=O) groups excluding carboxylic acids is 1. The molecule has 0 aromatic carbocycles. The van der Waals surface area contributed by atoms with Crippen LogP contribution in [0.1, 0.15) is 50.1 Å². The predicted molar refractivity (Wildman–Crippen MR) is 87.6 cm³/mol. The van der Waals surface area contributed by atoms with Crippen LogP contribution in [0.15, 0.2) is 16.7 Å². The van der Waals surface area contributed by atoms with Gasteiger partial charge in [-0.25, -0.2) is 0 Å². The standard InChI is InChI=1S/C16H24BrN3O/c1-11(2)19-9-13(17)7-15(19)16(21)20-10-14-5-4-6-18(14)8-12(20)3/h7,9,11-12,14H,4-6,8,10H2,1-3H3. The van der Waals surface area contributed by atoms with Crippen LogP contribution in [-0.4, -0.2) is 52.0 Å². The summed E-state index contributed by atoms with van der Waals surface area (Å²) in [5.74, 6) is 0.174. The summed E-state index contributed by atoms with van der Waals surface area (Å²) >= 11 is 3.50. The molecule has 0 saturated carbocycles. The van der Waals surface area contributed by atoms with Gasteiger partial charge in [0.1, 0.15) is 5.69 Å². The Morgan fingerprint density at radius 3 is 2.86 bits per heavy atom. The van der Waals surface area contributed by atoms with Crippen LogP contribution in [0.5, 0.6) is 0 Å². The Labute approximate surface area is 135 Å². The van der Waals surface area contributed by atoms with Gasteiger partial charge in [-0.2, -0.15) is 0 Å². The van der Waals surface area contributed by atoms with Gasteiger partial charge in [0, 0.05) is 41.9 Å². The molecule has 0 N–H and O–H groups in total. The first-order valence-corrected chi connectivity index (χ1v) is 8.69. The molecule has 2 unspecified atom stereocenters. The zero-order valence-electron chi connectivity index (χ0n) is 13.1. The van der Waals surface area contributed by atoms with Crippen molar-refractivity contribution in [3.8, 4) is 0 Å². The van der Waals surface area contributed by atoms with Gasteiger partial charge in [-0.3, -0.25) is 9.69 Å². The van der Waals surface area contributed by atoms with E-state index in [-0.39, 0.29) is 5.91 Å². The maximum atomic E-state index is 13.0. The summed E-state index contributed by atoms with van der Waals surface area (Å²) in [5.41, 5.74) is 0.801. The SMILES string of the molecule is CC1CN2CCCC2CN1C(=O)c1cc(Br)cn1C(C)C. The molecule has 5 heteroatoms. The third-order valence-electron chi connectivity index (χ3n) is 4.79. The van der Waals surface area contributed by atoms with Crippen molar-refractivity contribution in [3.05, 3.63) is 22.4 Å². The van der Waals surface area contributed by atoms with Crippen molar-refractivity contribution in [2.45, 2.75) is 51.7 Å². The van der Waals surface area contributed by atoms with E-state index in [9.17, 15) is 4.79 Å². The van der Waals surface area contributed by atoms with Gasteiger partial charge >= 0.3 is 0 Å². The van der Waals surface area contributed by atoms with Crippen LogP contribution in [0.25, 0.3) is 0 Å². The van der Waals surface area contributed by atoms with E-state index in [0.29, 0.717) is 18.1 Å². The van der Waals surface area contributed by atoms with E-state index >= 15 is 0 Å². The molecular weight excluding hydrogens is 330 g/mol. The quantitative estimate of drug-likeness (QED) is 0.816. The lowest BCUT2D eigenvalue weighted by atomic mass is 10.1. The highest BCUT2D eigenvalue weighted by Crippen LogP contribution is 2.27. The lowest BCUT2D eigenvalue weighted by Crippen LogP contribution is -2.57. The highest BCUT2D eigenvalue weighted by atomic mass is 79.9. The fourth-order valence-electron chi connectivity index (χ4n) is 3.66. The molecular formula is C16H24BrN3O. The zero-order valence-corrected chi connectivity index (χ0v) is 14.6. The molecule has 1 aromatic rings. The Balaban J connectivity index is 1.84. The molecule has 0 bridgehead atoms. The average molecular weight is 354 g/mol. The molecule has 0 radical (unpaired) electrons. The zero-order chi connectivity index (χ0) is 15.1. The molecule has 2 aliphatic rings. The lowest BCUT2D eigenvalue weighted by Gasteiger charge is -2.42. The van der Waals surface area contributed by atoms with E-state index in [1.165, 1.54) is 19.4 Å². The largest absolute Gasteiger partial charge is 0.340 e. The second-order valence-electron chi connectivity index (χ2n) is 6.64. The fourth-order valence-corrected chi connectivity index (χ4v) is 4.10. The van der Waals surface area contributed by atoms with E-state index in [2.05, 4.69) is 51.1 Å². The fraction of sp³-hybridized carbons (Fsp3) is 0.688. The maximum Gasteiger partial charge on any atom is 0.270 e. The first-order chi connectivity index (χ1) is 9.97. The summed E-state index contributed by atoms with van der Waals surface area (Å²) in [6, 6.07) is 3.10. The van der Waals surface area contributed by atoms with E-state index < -0.39 is 0 Å². The molecule has 2 saturated heterocycles. The number of amides is 1. The molecule has 1 aromatic heterocycles. The predicted octanol–water partition coefficient (Wildman–Crippen LogP) is 3.14. The van der Waals surface area contributed by atoms with Crippen molar-refractivity contribution in [1.82, 2.24) is 14.4 Å². The number of fused-ring (bicyclic) bond motifs is 1. The summed E-state index contributed by atoms with van der Waals surface area (Å²) < 4.78 is 3.05. The summed E-state index contributed by atoms with van der Waals surface area (Å²) in [6.45, 7) is 9.49. The monoisotopic (exact) mass is 353 g/mol. The number of piperazine rings is 1. The summed E-state index contributed by atoms with van der Waals surface area (Å²) in [4.78, 5) is 17.6. The van der Waals surface area contributed by atoms with Gasteiger partial charge < -0.3 is 9.47 Å². The van der Waals surface area contributed by atoms with Crippen LogP contribution in [0.3, 0.4) is 0 Å². The van der Waals surface area contributed by atoms with Gasteiger partial charge in [0.15, 0.2) is 0 Å².